The maximum atomic E-state index is 11.7. The molecular weight excluding hydrogens is 1910 g/mol. The molecule has 2 saturated heterocycles. The highest BCUT2D eigenvalue weighted by molar-refractivity contribution is 6.91. The highest BCUT2D eigenvalue weighted by atomic mass is 28.6. The van der Waals surface area contributed by atoms with Crippen LogP contribution >= 0.6 is 0 Å². The van der Waals surface area contributed by atoms with Gasteiger partial charge in [-0.15, -0.1) is 51.6 Å². The molecule has 6 aromatic carbocycles. The summed E-state index contributed by atoms with van der Waals surface area (Å²) in [6.07, 6.45) is 4.53. The zero-order chi connectivity index (χ0) is 95.9. The lowest BCUT2D eigenvalue weighted by atomic mass is 10.0. The van der Waals surface area contributed by atoms with Crippen molar-refractivity contribution in [1.29, 1.82) is 0 Å². The first-order chi connectivity index (χ1) is 61.1. The van der Waals surface area contributed by atoms with E-state index in [0.29, 0.717) is 79.4 Å². The highest BCUT2D eigenvalue weighted by Crippen LogP contribution is 2.43. The zero-order valence-corrected chi connectivity index (χ0v) is 95.2. The molecule has 2 fully saturated rings. The monoisotopic (exact) mass is 2050 g/mol. The smallest absolute Gasteiger partial charge is 0.505 e. The Balaban J connectivity index is 0.000000282. The van der Waals surface area contributed by atoms with Gasteiger partial charge < -0.3 is 118 Å². The quantitative estimate of drug-likeness (QED) is 0.0236. The van der Waals surface area contributed by atoms with Crippen LogP contribution in [0.1, 0.15) is 73.9 Å². The summed E-state index contributed by atoms with van der Waals surface area (Å²) in [5.41, 5.74) is 11.7. The molecule has 130 heavy (non-hydrogen) atoms. The van der Waals surface area contributed by atoms with Crippen molar-refractivity contribution < 1.29 is 118 Å². The van der Waals surface area contributed by atoms with Crippen LogP contribution in [-0.4, -0.2) is 267 Å². The molecule has 2 aliphatic heterocycles. The van der Waals surface area contributed by atoms with Crippen LogP contribution in [0.3, 0.4) is 0 Å². The molecule has 36 nitrogen and oxygen atoms in total. The predicted octanol–water partition coefficient (Wildman–Crippen LogP) is 14.7. The van der Waals surface area contributed by atoms with E-state index in [2.05, 4.69) is 116 Å². The average molecular weight is 2050 g/mol. The molecule has 9 aromatic rings. The summed E-state index contributed by atoms with van der Waals surface area (Å²) in [5, 5.41) is 61.1. The van der Waals surface area contributed by atoms with E-state index >= 15 is 0 Å². The van der Waals surface area contributed by atoms with Crippen molar-refractivity contribution in [3.8, 4) is 34.3 Å². The van der Waals surface area contributed by atoms with Gasteiger partial charge in [0, 0.05) is 101 Å². The Morgan fingerprint density at radius 1 is 0.377 bits per heavy atom. The first kappa shape index (κ1) is 108. The van der Waals surface area contributed by atoms with Crippen LogP contribution in [0.4, 0.5) is 0 Å². The molecule has 11 rings (SSSR count). The summed E-state index contributed by atoms with van der Waals surface area (Å²) in [6, 6.07) is 37.7. The first-order valence-electron chi connectivity index (χ1n) is 43.4. The van der Waals surface area contributed by atoms with Gasteiger partial charge in [0.2, 0.25) is 0 Å². The molecular formula is C80H137N9O27Si14. The van der Waals surface area contributed by atoms with Crippen molar-refractivity contribution in [3.05, 3.63) is 155 Å². The van der Waals surface area contributed by atoms with Crippen LogP contribution in [0.2, 0.25) is 115 Å². The molecule has 0 bridgehead atoms. The number of hydrogen-bond acceptors (Lipinski definition) is 33. The van der Waals surface area contributed by atoms with Crippen molar-refractivity contribution >= 4 is 156 Å². The third kappa shape index (κ3) is 28.5. The number of phenolic OH excluding ortho intramolecular Hbond substituents is 3. The summed E-state index contributed by atoms with van der Waals surface area (Å²) in [6.45, 7) is 43.0. The minimum atomic E-state index is -4.07. The molecule has 0 saturated carbocycles. The largest absolute Gasteiger partial charge is 0.665 e. The van der Waals surface area contributed by atoms with Gasteiger partial charge in [0.1, 0.15) is 67.4 Å². The Morgan fingerprint density at radius 3 is 0.885 bits per heavy atom. The number of phenols is 3. The summed E-state index contributed by atoms with van der Waals surface area (Å²) in [4.78, 5) is 4.50. The van der Waals surface area contributed by atoms with Crippen LogP contribution in [0.5, 0.6) is 17.2 Å². The Kier molecular flexibility index (Phi) is 38.2. The molecule has 3 N–H and O–H groups in total. The maximum Gasteiger partial charge on any atom is 0.665 e. The fourth-order valence-corrected chi connectivity index (χ4v) is 68.2. The Bertz CT molecular complexity index is 4870. The van der Waals surface area contributed by atoms with Gasteiger partial charge in [-0.1, -0.05) is 60.7 Å². The molecule has 0 radical (unpaired) electrons. The minimum absolute atomic E-state index is 0.0983. The number of hydrogen-bond donors (Lipinski definition) is 3. The molecule has 3 aromatic heterocycles. The number of aryl methyl sites for hydroxylation is 5. The van der Waals surface area contributed by atoms with E-state index in [1.54, 1.807) is 6.08 Å². The number of aromatic nitrogens is 9. The fourth-order valence-electron chi connectivity index (χ4n) is 14.6. The maximum absolute atomic E-state index is 11.7. The second kappa shape index (κ2) is 45.8. The molecule has 0 spiro atoms. The van der Waals surface area contributed by atoms with E-state index in [-0.39, 0.29) is 35.5 Å². The Morgan fingerprint density at radius 2 is 0.631 bits per heavy atom. The van der Waals surface area contributed by atoms with Crippen molar-refractivity contribution in [2.45, 2.75) is 208 Å². The SMILES string of the molecule is C=CCc1cc(C)cc(-n2nc3ccccc3n2)c1O.CO[Si]1(CC[Si](C)(C)O[Si](OC(C)C)(O[SiH](C)C)O[SiH](C)C)O[Si](OC)(OC)O[Si](OC)(OC)O1.CO[Si]1(CC[Si](C)(C)O[Si](OC(C)C)(O[Si](C)(C)CCCc2cc(C)cc(-n3nc4ccccc4n3)c2O)O[Si](C)(C)CCCc2cc(C)cc(-n3nc4ccccc4n3)c2O)O[Si](OC)(OC)O[Si](OC)(OC)O1. The van der Waals surface area contributed by atoms with Crippen molar-refractivity contribution in [3.63, 3.8) is 0 Å². The molecule has 0 atom stereocenters. The summed E-state index contributed by atoms with van der Waals surface area (Å²) < 4.78 is 150. The molecule has 0 aliphatic carbocycles. The van der Waals surface area contributed by atoms with E-state index in [1.165, 1.54) is 85.5 Å². The van der Waals surface area contributed by atoms with Gasteiger partial charge in [0.25, 0.3) is 0 Å². The second-order valence-electron chi connectivity index (χ2n) is 35.1. The number of aromatic hydroxyl groups is 3. The van der Waals surface area contributed by atoms with Crippen LogP contribution in [0, 0.1) is 20.8 Å². The van der Waals surface area contributed by atoms with Crippen molar-refractivity contribution in [2.75, 3.05) is 71.1 Å². The van der Waals surface area contributed by atoms with Gasteiger partial charge in [-0.05, 0) is 266 Å². The van der Waals surface area contributed by atoms with Crippen LogP contribution in [-0.2, 0) is 122 Å². The Hall–Kier alpha value is -5.26. The molecule has 50 heteroatoms. The third-order valence-corrected chi connectivity index (χ3v) is 68.1. The summed E-state index contributed by atoms with van der Waals surface area (Å²) >= 11 is 0. The second-order valence-corrected chi connectivity index (χ2v) is 79.8. The molecule has 2 aliphatic rings. The van der Waals surface area contributed by atoms with E-state index in [4.69, 9.17) is 102 Å². The lowest BCUT2D eigenvalue weighted by Gasteiger charge is -2.46. The van der Waals surface area contributed by atoms with Crippen molar-refractivity contribution in [2.24, 2.45) is 0 Å². The van der Waals surface area contributed by atoms with E-state index in [0.717, 1.165) is 66.5 Å². The number of benzene rings is 6. The third-order valence-electron chi connectivity index (χ3n) is 20.7. The fraction of sp³-hybridized carbons (Fsp3) is 0.525. The summed E-state index contributed by atoms with van der Waals surface area (Å²) in [5.74, 6) is 0.489. The van der Waals surface area contributed by atoms with Gasteiger partial charge in [-0.3, -0.25) is 0 Å². The molecule has 720 valence electrons. The standard InChI is InChI=1S/C48H76N6O14Si7.C16H15N3O.C16H46O12Si7/c1-36(2)62-75(65-71(14,15)30-31-72(57-5)66-73(58-6,59-7)68-74(60-8,61-9)67-72,63-69(10,11)28-20-22-39-32-37(3)34-45(47(39)55)53-49-41-24-16-17-25-42(41)50-53)64-70(12,13)29-21-23-40-33-38(4)35-46(48(40)56)54-51-43-26-18-19-27-44(43)52-54;1-3-6-12-9-11(2)10-15(16(12)20)19-17-13-7-4-5-8-14(13)18-19;1-16(2)22-35(23-29(8)9,24-30(10)11)25-31(12,13)14-15-32(17-3)26-33(18-4,19-5)28-34(20-6,21-7)27-32/h16-19,24-27,32-36,55-56H,20-23,28-31H2,1-15H3;3-5,7-10,20H,1,6H2,2H3;16,29-30H,14-15H2,1-13H3. The first-order valence-corrected chi connectivity index (χ1v) is 75.1. The van der Waals surface area contributed by atoms with Gasteiger partial charge >= 0.3 is 71.9 Å². The van der Waals surface area contributed by atoms with Crippen LogP contribution in [0.25, 0.3) is 50.2 Å². The van der Waals surface area contributed by atoms with Crippen LogP contribution < -0.4 is 0 Å². The molecule has 0 unspecified atom stereocenters. The van der Waals surface area contributed by atoms with Gasteiger partial charge in [-0.25, -0.2) is 0 Å². The number of allylic oxidation sites excluding steroid dienone is 1. The van der Waals surface area contributed by atoms with Crippen molar-refractivity contribution in [1.82, 2.24) is 45.0 Å². The summed E-state index contributed by atoms with van der Waals surface area (Å²) in [7, 11) is -28.8. The number of fused-ring (bicyclic) bond motifs is 3. The van der Waals surface area contributed by atoms with Gasteiger partial charge in [0.15, 0.2) is 51.4 Å². The van der Waals surface area contributed by atoms with E-state index < -0.39 is 123 Å². The number of rotatable bonds is 45. The number of nitrogens with zero attached hydrogens (tertiary/aromatic N) is 9. The molecule has 0 amide bonds. The lowest BCUT2D eigenvalue weighted by Crippen LogP contribution is -2.74. The lowest BCUT2D eigenvalue weighted by molar-refractivity contribution is -0.0571. The average Bonchev–Trinajstić information content (AvgIpc) is 1.12. The van der Waals surface area contributed by atoms with Gasteiger partial charge in [0.05, 0.1) is 0 Å². The topological polar surface area (TPSA) is 374 Å². The van der Waals surface area contributed by atoms with Crippen LogP contribution in [0.15, 0.2) is 122 Å². The normalized spacial score (nSPS) is 16.4. The van der Waals surface area contributed by atoms with Gasteiger partial charge in [-0.2, -0.15) is 0 Å². The Labute approximate surface area is 782 Å². The highest BCUT2D eigenvalue weighted by Gasteiger charge is 2.73. The van der Waals surface area contributed by atoms with E-state index in [9.17, 15) is 15.3 Å². The van der Waals surface area contributed by atoms with E-state index in [1.807, 2.05) is 158 Å². The molecule has 5 heterocycles. The zero-order valence-electron chi connectivity index (χ0n) is 80.9. The minimum Gasteiger partial charge on any atom is -0.505 e. The predicted molar refractivity (Wildman–Crippen MR) is 524 cm³/mol.